The molecule has 4 N–H and O–H groups in total. The van der Waals surface area contributed by atoms with E-state index in [4.69, 9.17) is 5.73 Å². The number of hydrogen-bond donors (Lipinski definition) is 3. The molecule has 0 heterocycles. The van der Waals surface area contributed by atoms with Crippen molar-refractivity contribution in [1.82, 2.24) is 0 Å². The average molecular weight is 264 g/mol. The Balaban J connectivity index is 2.32. The van der Waals surface area contributed by atoms with Crippen LogP contribution in [0.15, 0.2) is 36.4 Å². The van der Waals surface area contributed by atoms with Crippen molar-refractivity contribution in [3.05, 3.63) is 53.6 Å². The van der Waals surface area contributed by atoms with Gasteiger partial charge in [0.2, 0.25) is 0 Å². The first-order valence-electron chi connectivity index (χ1n) is 5.33. The first kappa shape index (κ1) is 12.8. The van der Waals surface area contributed by atoms with E-state index in [0.29, 0.717) is 0 Å². The van der Waals surface area contributed by atoms with Gasteiger partial charge in [0.25, 0.3) is 5.91 Å². The molecule has 0 spiro atoms. The monoisotopic (exact) mass is 264 g/mol. The molecular formula is C13H10F2N2O2. The molecule has 98 valence electrons. The first-order valence-corrected chi connectivity index (χ1v) is 5.33. The first-order chi connectivity index (χ1) is 8.99. The summed E-state index contributed by atoms with van der Waals surface area (Å²) >= 11 is 0. The Hall–Kier alpha value is -2.63. The van der Waals surface area contributed by atoms with Gasteiger partial charge in [-0.2, -0.15) is 0 Å². The maximum absolute atomic E-state index is 13.5. The van der Waals surface area contributed by atoms with Crippen molar-refractivity contribution in [1.29, 1.82) is 0 Å². The number of nitrogens with one attached hydrogen (secondary N) is 1. The largest absolute Gasteiger partial charge is 0.508 e. The fourth-order valence-electron chi connectivity index (χ4n) is 1.53. The highest BCUT2D eigenvalue weighted by atomic mass is 19.2. The van der Waals surface area contributed by atoms with Crippen LogP contribution in [0.25, 0.3) is 0 Å². The van der Waals surface area contributed by atoms with E-state index in [1.165, 1.54) is 24.3 Å². The van der Waals surface area contributed by atoms with Crippen LogP contribution in [0.1, 0.15) is 10.4 Å². The molecule has 0 saturated carbocycles. The molecule has 0 radical (unpaired) electrons. The third-order valence-corrected chi connectivity index (χ3v) is 2.47. The molecular weight excluding hydrogens is 254 g/mol. The topological polar surface area (TPSA) is 75.3 Å². The van der Waals surface area contributed by atoms with Crippen LogP contribution in [-0.4, -0.2) is 11.0 Å². The molecule has 0 aliphatic heterocycles. The second-order valence-electron chi connectivity index (χ2n) is 3.83. The normalized spacial score (nSPS) is 10.2. The fraction of sp³-hybridized carbons (Fsp3) is 0. The molecule has 2 aromatic rings. The third-order valence-electron chi connectivity index (χ3n) is 2.47. The van der Waals surface area contributed by atoms with Crippen molar-refractivity contribution in [3.63, 3.8) is 0 Å². The van der Waals surface area contributed by atoms with Gasteiger partial charge in [0.1, 0.15) is 11.4 Å². The number of phenolic OH excluding ortho intramolecular Hbond substituents is 1. The van der Waals surface area contributed by atoms with Gasteiger partial charge in [0.15, 0.2) is 11.6 Å². The third kappa shape index (κ3) is 2.62. The highest BCUT2D eigenvalue weighted by Crippen LogP contribution is 2.25. The number of aromatic hydroxyl groups is 1. The van der Waals surface area contributed by atoms with Gasteiger partial charge in [-0.15, -0.1) is 0 Å². The lowest BCUT2D eigenvalue weighted by Gasteiger charge is -2.09. The molecule has 19 heavy (non-hydrogen) atoms. The summed E-state index contributed by atoms with van der Waals surface area (Å²) in [6.07, 6.45) is 0. The van der Waals surface area contributed by atoms with Crippen LogP contribution >= 0.6 is 0 Å². The zero-order valence-corrected chi connectivity index (χ0v) is 9.65. The number of amides is 1. The molecule has 0 bridgehead atoms. The minimum atomic E-state index is -1.23. The Bertz CT molecular complexity index is 645. The molecule has 0 aliphatic carbocycles. The molecule has 0 unspecified atom stereocenters. The molecule has 0 saturated heterocycles. The van der Waals surface area contributed by atoms with Crippen LogP contribution in [0.4, 0.5) is 20.2 Å². The summed E-state index contributed by atoms with van der Waals surface area (Å²) in [5, 5.41) is 11.4. The predicted octanol–water partition coefficient (Wildman–Crippen LogP) is 2.50. The summed E-state index contributed by atoms with van der Waals surface area (Å²) < 4.78 is 26.6. The van der Waals surface area contributed by atoms with Crippen LogP contribution in [-0.2, 0) is 0 Å². The smallest absolute Gasteiger partial charge is 0.255 e. The van der Waals surface area contributed by atoms with Crippen molar-refractivity contribution in [2.75, 3.05) is 11.1 Å². The number of nitrogen functional groups attached to an aromatic ring is 1. The van der Waals surface area contributed by atoms with E-state index in [9.17, 15) is 18.7 Å². The average Bonchev–Trinajstić information content (AvgIpc) is 2.39. The van der Waals surface area contributed by atoms with Gasteiger partial charge in [0, 0.05) is 5.56 Å². The molecule has 0 atom stereocenters. The van der Waals surface area contributed by atoms with E-state index in [2.05, 4.69) is 5.32 Å². The number of nitrogens with two attached hydrogens (primary N) is 1. The zero-order chi connectivity index (χ0) is 14.0. The van der Waals surface area contributed by atoms with Crippen molar-refractivity contribution in [2.45, 2.75) is 0 Å². The number of anilines is 2. The molecule has 4 nitrogen and oxygen atoms in total. The minimum Gasteiger partial charge on any atom is -0.508 e. The maximum atomic E-state index is 13.5. The SMILES string of the molecule is Nc1ccc(F)c(F)c1NC(=O)c1cccc(O)c1. The summed E-state index contributed by atoms with van der Waals surface area (Å²) in [5.74, 6) is -3.15. The Morgan fingerprint density at radius 1 is 1.21 bits per heavy atom. The van der Waals surface area contributed by atoms with Gasteiger partial charge >= 0.3 is 0 Å². The number of carbonyl (C=O) groups is 1. The van der Waals surface area contributed by atoms with Crippen LogP contribution in [0.5, 0.6) is 5.75 Å². The van der Waals surface area contributed by atoms with E-state index >= 15 is 0 Å². The van der Waals surface area contributed by atoms with Gasteiger partial charge in [-0.25, -0.2) is 8.78 Å². The Labute approximate surface area is 107 Å². The van der Waals surface area contributed by atoms with Crippen molar-refractivity contribution in [2.24, 2.45) is 0 Å². The van der Waals surface area contributed by atoms with Crippen molar-refractivity contribution < 1.29 is 18.7 Å². The zero-order valence-electron chi connectivity index (χ0n) is 9.65. The van der Waals surface area contributed by atoms with E-state index < -0.39 is 23.2 Å². The minimum absolute atomic E-state index is 0.0904. The van der Waals surface area contributed by atoms with E-state index in [0.717, 1.165) is 12.1 Å². The Morgan fingerprint density at radius 2 is 1.95 bits per heavy atom. The molecule has 1 amide bonds. The fourth-order valence-corrected chi connectivity index (χ4v) is 1.53. The van der Waals surface area contributed by atoms with Gasteiger partial charge in [0.05, 0.1) is 5.69 Å². The van der Waals surface area contributed by atoms with Crippen molar-refractivity contribution >= 4 is 17.3 Å². The Kier molecular flexibility index (Phi) is 3.33. The number of halogens is 2. The summed E-state index contributed by atoms with van der Waals surface area (Å²) in [5.41, 5.74) is 5.06. The Morgan fingerprint density at radius 3 is 2.63 bits per heavy atom. The van der Waals surface area contributed by atoms with Crippen LogP contribution in [0, 0.1) is 11.6 Å². The second kappa shape index (κ2) is 4.93. The van der Waals surface area contributed by atoms with Crippen LogP contribution < -0.4 is 11.1 Å². The molecule has 0 aliphatic rings. The van der Waals surface area contributed by atoms with E-state index in [-0.39, 0.29) is 17.0 Å². The molecule has 0 aromatic heterocycles. The molecule has 2 aromatic carbocycles. The van der Waals surface area contributed by atoms with E-state index in [1.54, 1.807) is 0 Å². The predicted molar refractivity (Wildman–Crippen MR) is 66.8 cm³/mol. The molecule has 0 fully saturated rings. The van der Waals surface area contributed by atoms with Gasteiger partial charge in [-0.1, -0.05) is 6.07 Å². The van der Waals surface area contributed by atoms with Gasteiger partial charge < -0.3 is 16.2 Å². The quantitative estimate of drug-likeness (QED) is 0.729. The summed E-state index contributed by atoms with van der Waals surface area (Å²) in [6.45, 7) is 0. The summed E-state index contributed by atoms with van der Waals surface area (Å²) in [6, 6.07) is 7.47. The number of phenols is 1. The number of carbonyl (C=O) groups excluding carboxylic acids is 1. The summed E-state index contributed by atoms with van der Waals surface area (Å²) in [4.78, 5) is 11.8. The highest BCUT2D eigenvalue weighted by molar-refractivity contribution is 6.06. The van der Waals surface area contributed by atoms with Crippen LogP contribution in [0.3, 0.4) is 0 Å². The number of hydrogen-bond acceptors (Lipinski definition) is 3. The lowest BCUT2D eigenvalue weighted by Crippen LogP contribution is -2.15. The molecule has 2 rings (SSSR count). The lowest BCUT2D eigenvalue weighted by molar-refractivity contribution is 0.102. The lowest BCUT2D eigenvalue weighted by atomic mass is 10.2. The van der Waals surface area contributed by atoms with Gasteiger partial charge in [-0.3, -0.25) is 4.79 Å². The number of rotatable bonds is 2. The van der Waals surface area contributed by atoms with E-state index in [1.807, 2.05) is 0 Å². The maximum Gasteiger partial charge on any atom is 0.255 e. The highest BCUT2D eigenvalue weighted by Gasteiger charge is 2.15. The van der Waals surface area contributed by atoms with Crippen LogP contribution in [0.2, 0.25) is 0 Å². The second-order valence-corrected chi connectivity index (χ2v) is 3.83. The summed E-state index contributed by atoms with van der Waals surface area (Å²) in [7, 11) is 0. The van der Waals surface area contributed by atoms with Crippen molar-refractivity contribution in [3.8, 4) is 5.75 Å². The number of benzene rings is 2. The molecule has 6 heteroatoms. The van der Waals surface area contributed by atoms with Gasteiger partial charge in [-0.05, 0) is 30.3 Å². The standard InChI is InChI=1S/C13H10F2N2O2/c14-9-4-5-10(16)12(11(9)15)17-13(19)7-2-1-3-8(18)6-7/h1-6,18H,16H2,(H,17,19).